The van der Waals surface area contributed by atoms with E-state index in [1.54, 1.807) is 6.33 Å². The van der Waals surface area contributed by atoms with Gasteiger partial charge in [0.25, 0.3) is 0 Å². The Bertz CT molecular complexity index is 603. The molecule has 3 rings (SSSR count). The van der Waals surface area contributed by atoms with Crippen LogP contribution >= 0.6 is 24.8 Å². The number of imidazole rings is 1. The van der Waals surface area contributed by atoms with Crippen LogP contribution in [-0.4, -0.2) is 70.9 Å². The van der Waals surface area contributed by atoms with Crippen molar-refractivity contribution >= 4 is 36.6 Å². The first kappa shape index (κ1) is 23.7. The molecule has 2 aliphatic heterocycles. The number of amides is 2. The SMILES string of the molecule is CN[C@@H](C)C(=O)N1CCC2(CCC(=O)N(CCc3cnc[nH]3)C2)CC1.Cl.Cl. The lowest BCUT2D eigenvalue weighted by Crippen LogP contribution is -2.54. The molecule has 0 unspecified atom stereocenters. The van der Waals surface area contributed by atoms with E-state index in [0.29, 0.717) is 6.42 Å². The summed E-state index contributed by atoms with van der Waals surface area (Å²) in [5.74, 6) is 0.438. The minimum Gasteiger partial charge on any atom is -0.348 e. The quantitative estimate of drug-likeness (QED) is 0.759. The van der Waals surface area contributed by atoms with E-state index in [0.717, 1.165) is 57.6 Å². The van der Waals surface area contributed by atoms with Crippen molar-refractivity contribution in [3.05, 3.63) is 18.2 Å². The van der Waals surface area contributed by atoms with Crippen molar-refractivity contribution in [2.45, 2.75) is 45.1 Å². The maximum atomic E-state index is 12.3. The van der Waals surface area contributed by atoms with Gasteiger partial charge in [-0.25, -0.2) is 4.98 Å². The van der Waals surface area contributed by atoms with Crippen LogP contribution in [0.5, 0.6) is 0 Å². The fraction of sp³-hybridized carbons (Fsp3) is 0.722. The van der Waals surface area contributed by atoms with Gasteiger partial charge in [0.15, 0.2) is 0 Å². The molecule has 154 valence electrons. The number of hydrogen-bond donors (Lipinski definition) is 2. The highest BCUT2D eigenvalue weighted by Crippen LogP contribution is 2.40. The lowest BCUT2D eigenvalue weighted by molar-refractivity contribution is -0.143. The van der Waals surface area contributed by atoms with Gasteiger partial charge in [-0.3, -0.25) is 9.59 Å². The van der Waals surface area contributed by atoms with Crippen molar-refractivity contribution in [3.8, 4) is 0 Å². The van der Waals surface area contributed by atoms with Gasteiger partial charge in [0.05, 0.1) is 12.4 Å². The molecule has 7 nitrogen and oxygen atoms in total. The molecule has 0 radical (unpaired) electrons. The molecular weight excluding hydrogens is 389 g/mol. The van der Waals surface area contributed by atoms with Crippen LogP contribution in [-0.2, 0) is 16.0 Å². The highest BCUT2D eigenvalue weighted by Gasteiger charge is 2.41. The van der Waals surface area contributed by atoms with Crippen molar-refractivity contribution < 1.29 is 9.59 Å². The summed E-state index contributed by atoms with van der Waals surface area (Å²) in [6.07, 6.45) is 7.86. The highest BCUT2D eigenvalue weighted by atomic mass is 35.5. The van der Waals surface area contributed by atoms with Crippen LogP contribution in [0.4, 0.5) is 0 Å². The van der Waals surface area contributed by atoms with E-state index in [1.807, 2.05) is 30.0 Å². The number of halogens is 2. The standard InChI is InChI=1S/C18H29N5O2.2ClH/c1-14(19-2)17(25)22-9-6-18(7-10-22)5-3-16(24)23(12-18)8-4-15-11-20-13-21-15;;/h11,13-14,19H,3-10,12H2,1-2H3,(H,20,21);2*1H/t14-;;/m0../s1. The van der Waals surface area contributed by atoms with Crippen LogP contribution in [0.3, 0.4) is 0 Å². The number of aromatic amines is 1. The van der Waals surface area contributed by atoms with Gasteiger partial charge in [-0.05, 0) is 38.6 Å². The Hall–Kier alpha value is -1.31. The fourth-order valence-corrected chi connectivity index (χ4v) is 3.99. The number of carbonyl (C=O) groups is 2. The average Bonchev–Trinajstić information content (AvgIpc) is 3.15. The van der Waals surface area contributed by atoms with Gasteiger partial charge in [0.1, 0.15) is 0 Å². The molecule has 1 aromatic heterocycles. The van der Waals surface area contributed by atoms with E-state index in [1.165, 1.54) is 0 Å². The highest BCUT2D eigenvalue weighted by molar-refractivity contribution is 5.85. The second-order valence-electron chi connectivity index (χ2n) is 7.48. The number of nitrogens with zero attached hydrogens (tertiary/aromatic N) is 3. The van der Waals surface area contributed by atoms with E-state index in [2.05, 4.69) is 15.3 Å². The number of likely N-dealkylation sites (tertiary alicyclic amines) is 2. The third kappa shape index (κ3) is 5.59. The molecule has 3 heterocycles. The minimum absolute atomic E-state index is 0. The second kappa shape index (κ2) is 10.3. The van der Waals surface area contributed by atoms with Crippen molar-refractivity contribution in [1.82, 2.24) is 25.1 Å². The summed E-state index contributed by atoms with van der Waals surface area (Å²) < 4.78 is 0. The zero-order chi connectivity index (χ0) is 17.9. The molecule has 0 aliphatic carbocycles. The zero-order valence-corrected chi connectivity index (χ0v) is 17.7. The normalized spacial score (nSPS) is 20.0. The van der Waals surface area contributed by atoms with Gasteiger partial charge in [0.2, 0.25) is 11.8 Å². The van der Waals surface area contributed by atoms with Gasteiger partial charge < -0.3 is 20.1 Å². The van der Waals surface area contributed by atoms with Gasteiger partial charge in [0, 0.05) is 50.9 Å². The topological polar surface area (TPSA) is 81.3 Å². The number of likely N-dealkylation sites (N-methyl/N-ethyl adjacent to an activating group) is 1. The average molecular weight is 420 g/mol. The smallest absolute Gasteiger partial charge is 0.239 e. The molecule has 0 bridgehead atoms. The third-order valence-corrected chi connectivity index (χ3v) is 5.89. The molecule has 2 aliphatic rings. The number of H-pyrrole nitrogens is 1. The monoisotopic (exact) mass is 419 g/mol. The largest absolute Gasteiger partial charge is 0.348 e. The molecule has 1 atom stereocenters. The zero-order valence-electron chi connectivity index (χ0n) is 16.1. The molecule has 27 heavy (non-hydrogen) atoms. The molecule has 0 saturated carbocycles. The Morgan fingerprint density at radius 3 is 2.63 bits per heavy atom. The number of nitrogens with one attached hydrogen (secondary N) is 2. The van der Waals surface area contributed by atoms with Crippen LogP contribution in [0.25, 0.3) is 0 Å². The summed E-state index contributed by atoms with van der Waals surface area (Å²) in [6, 6.07) is -0.132. The third-order valence-electron chi connectivity index (χ3n) is 5.89. The molecule has 0 aromatic carbocycles. The van der Waals surface area contributed by atoms with Crippen LogP contribution in [0.1, 0.15) is 38.3 Å². The summed E-state index contributed by atoms with van der Waals surface area (Å²) in [5, 5.41) is 3.02. The van der Waals surface area contributed by atoms with E-state index >= 15 is 0 Å². The summed E-state index contributed by atoms with van der Waals surface area (Å²) in [4.78, 5) is 35.8. The summed E-state index contributed by atoms with van der Waals surface area (Å²) >= 11 is 0. The Balaban J connectivity index is 0.00000182. The van der Waals surface area contributed by atoms with Gasteiger partial charge in [-0.2, -0.15) is 0 Å². The maximum Gasteiger partial charge on any atom is 0.239 e. The Kier molecular flexibility index (Phi) is 9.05. The lowest BCUT2D eigenvalue weighted by Gasteiger charge is -2.47. The summed E-state index contributed by atoms with van der Waals surface area (Å²) in [6.45, 7) is 5.07. The Morgan fingerprint density at radius 2 is 2.04 bits per heavy atom. The number of piperidine rings is 2. The second-order valence-corrected chi connectivity index (χ2v) is 7.48. The van der Waals surface area contributed by atoms with E-state index < -0.39 is 0 Å². The van der Waals surface area contributed by atoms with Crippen LogP contribution in [0.15, 0.2) is 12.5 Å². The van der Waals surface area contributed by atoms with E-state index in [-0.39, 0.29) is 48.1 Å². The minimum atomic E-state index is -0.132. The first-order valence-corrected chi connectivity index (χ1v) is 9.24. The van der Waals surface area contributed by atoms with Crippen LogP contribution < -0.4 is 5.32 Å². The number of carbonyl (C=O) groups excluding carboxylic acids is 2. The first-order chi connectivity index (χ1) is 12.0. The molecule has 1 aromatic rings. The lowest BCUT2D eigenvalue weighted by atomic mass is 9.72. The Labute approximate surface area is 173 Å². The number of rotatable bonds is 5. The van der Waals surface area contributed by atoms with Crippen molar-refractivity contribution in [2.75, 3.05) is 33.2 Å². The number of aromatic nitrogens is 2. The van der Waals surface area contributed by atoms with Gasteiger partial charge in [-0.15, -0.1) is 24.8 Å². The van der Waals surface area contributed by atoms with Crippen molar-refractivity contribution in [1.29, 1.82) is 0 Å². The molecular formula is C18H31Cl2N5O2. The van der Waals surface area contributed by atoms with E-state index in [4.69, 9.17) is 0 Å². The summed E-state index contributed by atoms with van der Waals surface area (Å²) in [7, 11) is 1.82. The first-order valence-electron chi connectivity index (χ1n) is 9.24. The van der Waals surface area contributed by atoms with Gasteiger partial charge in [-0.1, -0.05) is 0 Å². The molecule has 2 amide bonds. The molecule has 2 fully saturated rings. The summed E-state index contributed by atoms with van der Waals surface area (Å²) in [5.41, 5.74) is 1.25. The number of hydrogen-bond acceptors (Lipinski definition) is 4. The molecule has 9 heteroatoms. The van der Waals surface area contributed by atoms with Gasteiger partial charge >= 0.3 is 0 Å². The van der Waals surface area contributed by atoms with Crippen molar-refractivity contribution in [3.63, 3.8) is 0 Å². The van der Waals surface area contributed by atoms with Crippen LogP contribution in [0, 0.1) is 5.41 Å². The predicted octanol–water partition coefficient (Wildman–Crippen LogP) is 1.63. The molecule has 1 spiro atoms. The van der Waals surface area contributed by atoms with Crippen LogP contribution in [0.2, 0.25) is 0 Å². The van der Waals surface area contributed by atoms with E-state index in [9.17, 15) is 9.59 Å². The predicted molar refractivity (Wildman–Crippen MR) is 109 cm³/mol. The molecule has 2 N–H and O–H groups in total. The van der Waals surface area contributed by atoms with Crippen molar-refractivity contribution in [2.24, 2.45) is 5.41 Å². The Morgan fingerprint density at radius 1 is 1.33 bits per heavy atom. The maximum absolute atomic E-state index is 12.3. The molecule has 2 saturated heterocycles. The fourth-order valence-electron chi connectivity index (χ4n) is 3.99.